The zero-order valence-corrected chi connectivity index (χ0v) is 11.9. The van der Waals surface area contributed by atoms with Gasteiger partial charge in [-0.25, -0.2) is 9.69 Å². The highest BCUT2D eigenvalue weighted by molar-refractivity contribution is 6.28. The van der Waals surface area contributed by atoms with E-state index in [1.807, 2.05) is 24.3 Å². The number of methoxy groups -OCH3 is 1. The van der Waals surface area contributed by atoms with E-state index < -0.39 is 6.03 Å². The van der Waals surface area contributed by atoms with Gasteiger partial charge in [-0.1, -0.05) is 30.3 Å². The Balaban J connectivity index is 1.92. The molecule has 2 aromatic carbocycles. The second-order valence-corrected chi connectivity index (χ2v) is 4.74. The maximum Gasteiger partial charge on any atom is 0.333 e. The molecule has 5 heteroatoms. The third kappa shape index (κ3) is 2.56. The van der Waals surface area contributed by atoms with Crippen LogP contribution in [0.25, 0.3) is 6.08 Å². The van der Waals surface area contributed by atoms with Crippen LogP contribution >= 0.6 is 0 Å². The van der Waals surface area contributed by atoms with E-state index in [1.165, 1.54) is 0 Å². The molecule has 0 bridgehead atoms. The van der Waals surface area contributed by atoms with Gasteiger partial charge in [0.15, 0.2) is 0 Å². The summed E-state index contributed by atoms with van der Waals surface area (Å²) >= 11 is 0. The molecule has 2 aromatic rings. The molecule has 1 N–H and O–H groups in total. The van der Waals surface area contributed by atoms with Crippen LogP contribution in [0.5, 0.6) is 5.75 Å². The maximum atomic E-state index is 12.4. The molecule has 1 heterocycles. The standard InChI is InChI=1S/C17H14N2O3/c1-22-14-9-5-6-12(10-14)11-15-16(20)19(17(21)18-15)13-7-3-2-4-8-13/h2-11H,1H3,(H,18,21). The van der Waals surface area contributed by atoms with E-state index in [4.69, 9.17) is 4.74 Å². The molecule has 110 valence electrons. The first-order valence-electron chi connectivity index (χ1n) is 6.75. The van der Waals surface area contributed by atoms with Crippen molar-refractivity contribution in [2.75, 3.05) is 12.0 Å². The lowest BCUT2D eigenvalue weighted by Gasteiger charge is -2.10. The summed E-state index contributed by atoms with van der Waals surface area (Å²) in [7, 11) is 1.58. The lowest BCUT2D eigenvalue weighted by atomic mass is 10.2. The second-order valence-electron chi connectivity index (χ2n) is 4.74. The van der Waals surface area contributed by atoms with Gasteiger partial charge in [-0.2, -0.15) is 0 Å². The van der Waals surface area contributed by atoms with E-state index in [0.29, 0.717) is 11.4 Å². The summed E-state index contributed by atoms with van der Waals surface area (Å²) in [5.74, 6) is 0.310. The molecule has 3 rings (SSSR count). The van der Waals surface area contributed by atoms with E-state index in [2.05, 4.69) is 5.32 Å². The molecular weight excluding hydrogens is 280 g/mol. The van der Waals surface area contributed by atoms with Crippen LogP contribution in [0, 0.1) is 0 Å². The summed E-state index contributed by atoms with van der Waals surface area (Å²) in [5, 5.41) is 2.60. The molecule has 3 amide bonds. The van der Waals surface area contributed by atoms with Gasteiger partial charge in [0, 0.05) is 0 Å². The Morgan fingerprint density at radius 2 is 1.82 bits per heavy atom. The minimum Gasteiger partial charge on any atom is -0.497 e. The lowest BCUT2D eigenvalue weighted by Crippen LogP contribution is -2.30. The fourth-order valence-electron chi connectivity index (χ4n) is 2.24. The molecule has 1 aliphatic rings. The Kier molecular flexibility index (Phi) is 3.62. The Morgan fingerprint density at radius 3 is 2.55 bits per heavy atom. The number of urea groups is 1. The Hall–Kier alpha value is -3.08. The van der Waals surface area contributed by atoms with Crippen LogP contribution in [0.1, 0.15) is 5.56 Å². The molecule has 0 unspecified atom stereocenters. The number of para-hydroxylation sites is 1. The summed E-state index contributed by atoms with van der Waals surface area (Å²) in [6.07, 6.45) is 1.63. The van der Waals surface area contributed by atoms with Crippen molar-refractivity contribution in [1.29, 1.82) is 0 Å². The fourth-order valence-corrected chi connectivity index (χ4v) is 2.24. The van der Waals surface area contributed by atoms with Crippen molar-refractivity contribution < 1.29 is 14.3 Å². The quantitative estimate of drug-likeness (QED) is 0.699. The molecular formula is C17H14N2O3. The van der Waals surface area contributed by atoms with Crippen molar-refractivity contribution >= 4 is 23.7 Å². The van der Waals surface area contributed by atoms with Crippen LogP contribution in [-0.4, -0.2) is 19.0 Å². The van der Waals surface area contributed by atoms with Gasteiger partial charge in [-0.15, -0.1) is 0 Å². The first-order chi connectivity index (χ1) is 10.7. The van der Waals surface area contributed by atoms with Crippen molar-refractivity contribution in [3.8, 4) is 5.75 Å². The number of amides is 3. The average molecular weight is 294 g/mol. The zero-order valence-electron chi connectivity index (χ0n) is 11.9. The largest absolute Gasteiger partial charge is 0.497 e. The van der Waals surface area contributed by atoms with Crippen molar-refractivity contribution in [3.63, 3.8) is 0 Å². The van der Waals surface area contributed by atoms with Gasteiger partial charge in [0.1, 0.15) is 11.4 Å². The highest BCUT2D eigenvalue weighted by atomic mass is 16.5. The number of ether oxygens (including phenoxy) is 1. The number of imide groups is 1. The minimum atomic E-state index is -0.453. The van der Waals surface area contributed by atoms with E-state index in [1.54, 1.807) is 43.5 Å². The monoisotopic (exact) mass is 294 g/mol. The van der Waals surface area contributed by atoms with Crippen molar-refractivity contribution in [1.82, 2.24) is 5.32 Å². The van der Waals surface area contributed by atoms with Gasteiger partial charge in [-0.3, -0.25) is 4.79 Å². The molecule has 0 aliphatic carbocycles. The smallest absolute Gasteiger partial charge is 0.333 e. The number of benzene rings is 2. The summed E-state index contributed by atoms with van der Waals surface area (Å²) < 4.78 is 5.15. The third-order valence-electron chi connectivity index (χ3n) is 3.30. The van der Waals surface area contributed by atoms with Crippen LogP contribution in [0.4, 0.5) is 10.5 Å². The molecule has 0 spiro atoms. The molecule has 1 saturated heterocycles. The molecule has 5 nitrogen and oxygen atoms in total. The Bertz CT molecular complexity index is 754. The van der Waals surface area contributed by atoms with Crippen molar-refractivity contribution in [3.05, 3.63) is 65.9 Å². The van der Waals surface area contributed by atoms with Crippen LogP contribution in [0.15, 0.2) is 60.3 Å². The molecule has 0 saturated carbocycles. The highest BCUT2D eigenvalue weighted by Gasteiger charge is 2.34. The van der Waals surface area contributed by atoms with Gasteiger partial charge in [-0.05, 0) is 35.9 Å². The van der Waals surface area contributed by atoms with E-state index in [-0.39, 0.29) is 11.6 Å². The fraction of sp³-hybridized carbons (Fsp3) is 0.0588. The third-order valence-corrected chi connectivity index (χ3v) is 3.30. The van der Waals surface area contributed by atoms with Gasteiger partial charge in [0.25, 0.3) is 5.91 Å². The van der Waals surface area contributed by atoms with Gasteiger partial charge in [0.2, 0.25) is 0 Å². The normalized spacial score (nSPS) is 16.0. The second kappa shape index (κ2) is 5.73. The molecule has 1 fully saturated rings. The zero-order chi connectivity index (χ0) is 15.5. The average Bonchev–Trinajstić information content (AvgIpc) is 2.82. The number of rotatable bonds is 3. The van der Waals surface area contributed by atoms with Gasteiger partial charge in [0.05, 0.1) is 12.8 Å². The summed E-state index contributed by atoms with van der Waals surface area (Å²) in [6.45, 7) is 0. The number of anilines is 1. The Morgan fingerprint density at radius 1 is 1.05 bits per heavy atom. The lowest BCUT2D eigenvalue weighted by molar-refractivity contribution is -0.113. The van der Waals surface area contributed by atoms with E-state index in [9.17, 15) is 9.59 Å². The van der Waals surface area contributed by atoms with Crippen molar-refractivity contribution in [2.24, 2.45) is 0 Å². The maximum absolute atomic E-state index is 12.4. The number of nitrogens with zero attached hydrogens (tertiary/aromatic N) is 1. The van der Waals surface area contributed by atoms with Crippen LogP contribution in [-0.2, 0) is 4.79 Å². The SMILES string of the molecule is COc1cccc(C=C2NC(=O)N(c3ccccc3)C2=O)c1. The first kappa shape index (κ1) is 13.9. The van der Waals surface area contributed by atoms with Crippen LogP contribution in [0.2, 0.25) is 0 Å². The molecule has 1 aliphatic heterocycles. The van der Waals surface area contributed by atoms with Crippen molar-refractivity contribution in [2.45, 2.75) is 0 Å². The predicted octanol–water partition coefficient (Wildman–Crippen LogP) is 2.79. The molecule has 0 radical (unpaired) electrons. The number of carbonyl (C=O) groups excluding carboxylic acids is 2. The highest BCUT2D eigenvalue weighted by Crippen LogP contribution is 2.22. The summed E-state index contributed by atoms with van der Waals surface area (Å²) in [6, 6.07) is 15.6. The topological polar surface area (TPSA) is 58.6 Å². The van der Waals surface area contributed by atoms with Gasteiger partial charge >= 0.3 is 6.03 Å². The van der Waals surface area contributed by atoms with Crippen LogP contribution in [0.3, 0.4) is 0 Å². The summed E-state index contributed by atoms with van der Waals surface area (Å²) in [4.78, 5) is 25.6. The predicted molar refractivity (Wildman–Crippen MR) is 83.4 cm³/mol. The number of carbonyl (C=O) groups is 2. The molecule has 0 aromatic heterocycles. The molecule has 22 heavy (non-hydrogen) atoms. The van der Waals surface area contributed by atoms with Gasteiger partial charge < -0.3 is 10.1 Å². The first-order valence-corrected chi connectivity index (χ1v) is 6.75. The Labute approximate surface area is 127 Å². The van der Waals surface area contributed by atoms with E-state index in [0.717, 1.165) is 10.5 Å². The van der Waals surface area contributed by atoms with Crippen LogP contribution < -0.4 is 15.0 Å². The van der Waals surface area contributed by atoms with E-state index >= 15 is 0 Å². The number of hydrogen-bond acceptors (Lipinski definition) is 3. The number of hydrogen-bond donors (Lipinski definition) is 1. The minimum absolute atomic E-state index is 0.238. The number of nitrogens with one attached hydrogen (secondary N) is 1. The summed E-state index contributed by atoms with van der Waals surface area (Å²) in [5.41, 5.74) is 1.55. The molecule has 0 atom stereocenters.